The number of fused-ring (bicyclic) bond motifs is 3. The van der Waals surface area contributed by atoms with Gasteiger partial charge in [0, 0.05) is 37.3 Å². The molecule has 1 fully saturated rings. The third-order valence-electron chi connectivity index (χ3n) is 6.11. The first kappa shape index (κ1) is 20.2. The number of hydrogen-bond donors (Lipinski definition) is 1. The molecule has 1 aliphatic rings. The van der Waals surface area contributed by atoms with Gasteiger partial charge in [-0.2, -0.15) is 5.10 Å². The van der Waals surface area contributed by atoms with E-state index in [4.69, 9.17) is 5.73 Å². The maximum atomic E-state index is 14.5. The van der Waals surface area contributed by atoms with Crippen molar-refractivity contribution in [2.45, 2.75) is 20.3 Å². The number of halogens is 1. The number of nitrogen functional groups attached to an aromatic ring is 1. The van der Waals surface area contributed by atoms with Crippen LogP contribution in [0.1, 0.15) is 29.3 Å². The Hall–Kier alpha value is -3.75. The minimum Gasteiger partial charge on any atom is -0.383 e. The van der Waals surface area contributed by atoms with Crippen LogP contribution in [0.5, 0.6) is 0 Å². The molecule has 0 aliphatic carbocycles. The van der Waals surface area contributed by atoms with Crippen molar-refractivity contribution in [3.8, 4) is 0 Å². The first-order valence-corrected chi connectivity index (χ1v) is 10.6. The van der Waals surface area contributed by atoms with Gasteiger partial charge in [0.1, 0.15) is 5.82 Å². The van der Waals surface area contributed by atoms with Crippen LogP contribution < -0.4 is 10.7 Å². The molecular weight excluding hydrogens is 409 g/mol. The smallest absolute Gasteiger partial charge is 0.272 e. The monoisotopic (exact) mass is 433 g/mol. The molecule has 9 heteroatoms. The largest absolute Gasteiger partial charge is 0.383 e. The number of benzene rings is 1. The van der Waals surface area contributed by atoms with Crippen LogP contribution in [0.25, 0.3) is 21.8 Å². The summed E-state index contributed by atoms with van der Waals surface area (Å²) in [6.07, 6.45) is 4.06. The zero-order valence-corrected chi connectivity index (χ0v) is 18.2. The van der Waals surface area contributed by atoms with E-state index in [2.05, 4.69) is 22.0 Å². The Morgan fingerprint density at radius 1 is 1.28 bits per heavy atom. The number of nitrogens with two attached hydrogens (primary N) is 1. The van der Waals surface area contributed by atoms with Gasteiger partial charge in [0.05, 0.1) is 22.6 Å². The van der Waals surface area contributed by atoms with Crippen LogP contribution in [0.2, 0.25) is 0 Å². The Kier molecular flexibility index (Phi) is 4.69. The van der Waals surface area contributed by atoms with E-state index in [1.165, 1.54) is 12.3 Å². The molecule has 0 bridgehead atoms. The lowest BCUT2D eigenvalue weighted by Gasteiger charge is -2.42. The van der Waals surface area contributed by atoms with Gasteiger partial charge in [-0.05, 0) is 49.1 Å². The summed E-state index contributed by atoms with van der Waals surface area (Å²) in [6.45, 7) is 4.95. The van der Waals surface area contributed by atoms with Crippen molar-refractivity contribution in [3.63, 3.8) is 0 Å². The number of carbonyl (C=O) groups is 1. The van der Waals surface area contributed by atoms with Gasteiger partial charge in [0.25, 0.3) is 5.91 Å². The Labute approximate surface area is 184 Å². The van der Waals surface area contributed by atoms with Crippen molar-refractivity contribution in [1.29, 1.82) is 0 Å². The molecule has 5 rings (SSSR count). The van der Waals surface area contributed by atoms with Gasteiger partial charge >= 0.3 is 0 Å². The van der Waals surface area contributed by atoms with Gasteiger partial charge in [-0.15, -0.1) is 0 Å². The highest BCUT2D eigenvalue weighted by Crippen LogP contribution is 2.31. The fourth-order valence-corrected chi connectivity index (χ4v) is 4.41. The van der Waals surface area contributed by atoms with E-state index >= 15 is 0 Å². The fourth-order valence-electron chi connectivity index (χ4n) is 4.41. The Morgan fingerprint density at radius 3 is 2.88 bits per heavy atom. The average molecular weight is 433 g/mol. The quantitative estimate of drug-likeness (QED) is 0.521. The van der Waals surface area contributed by atoms with Crippen LogP contribution in [0.3, 0.4) is 0 Å². The zero-order chi connectivity index (χ0) is 22.6. The molecule has 3 aromatic heterocycles. The maximum absolute atomic E-state index is 14.5. The second-order valence-electron chi connectivity index (χ2n) is 8.42. The van der Waals surface area contributed by atoms with E-state index < -0.39 is 5.82 Å². The molecule has 1 amide bonds. The summed E-state index contributed by atoms with van der Waals surface area (Å²) in [5, 5.41) is 9.11. The Bertz CT molecular complexity index is 1370. The first-order chi connectivity index (χ1) is 15.3. The topological polar surface area (TPSA) is 93.2 Å². The highest BCUT2D eigenvalue weighted by molar-refractivity contribution is 6.10. The molecule has 0 radical (unpaired) electrons. The number of nitrogens with zero attached hydrogens (tertiary/aromatic N) is 6. The van der Waals surface area contributed by atoms with Crippen molar-refractivity contribution >= 4 is 39.3 Å². The van der Waals surface area contributed by atoms with Gasteiger partial charge in [0.2, 0.25) is 0 Å². The van der Waals surface area contributed by atoms with Gasteiger partial charge in [-0.25, -0.2) is 19.4 Å². The fraction of sp³-hybridized carbons (Fsp3) is 0.304. The molecular formula is C23H24FN7O. The van der Waals surface area contributed by atoms with Crippen LogP contribution in [0, 0.1) is 18.7 Å². The van der Waals surface area contributed by atoms with Crippen molar-refractivity contribution in [1.82, 2.24) is 24.8 Å². The zero-order valence-electron chi connectivity index (χ0n) is 18.2. The molecule has 1 aromatic carbocycles. The SMILES string of the molecule is Cc1cc2nc(N)c3cnn(C)c3c2cc1C(=O)N1CC(C)CCN1c1ncccc1F. The number of aromatic nitrogens is 4. The minimum atomic E-state index is -0.452. The summed E-state index contributed by atoms with van der Waals surface area (Å²) in [6, 6.07) is 6.61. The summed E-state index contributed by atoms with van der Waals surface area (Å²) in [5.74, 6) is 0.197. The standard InChI is InChI=1S/C23H24FN7O/c1-13-6-8-30(22-18(24)5-4-7-26-22)31(12-13)23(32)15-10-16-19(9-14(15)2)28-21(25)17-11-27-29(3)20(16)17/h4-5,7,9-11,13H,6,8,12H2,1-3H3,(H2,25,28). The van der Waals surface area contributed by atoms with Gasteiger partial charge in [0.15, 0.2) is 11.6 Å². The summed E-state index contributed by atoms with van der Waals surface area (Å²) >= 11 is 0. The average Bonchev–Trinajstić information content (AvgIpc) is 3.16. The predicted molar refractivity (Wildman–Crippen MR) is 122 cm³/mol. The van der Waals surface area contributed by atoms with Crippen molar-refractivity contribution < 1.29 is 9.18 Å². The van der Waals surface area contributed by atoms with E-state index in [1.807, 2.05) is 26.1 Å². The van der Waals surface area contributed by atoms with Crippen LogP contribution >= 0.6 is 0 Å². The van der Waals surface area contributed by atoms with E-state index in [-0.39, 0.29) is 17.6 Å². The molecule has 1 atom stereocenters. The molecule has 4 aromatic rings. The first-order valence-electron chi connectivity index (χ1n) is 10.6. The summed E-state index contributed by atoms with van der Waals surface area (Å²) in [7, 11) is 1.83. The number of aryl methyl sites for hydroxylation is 2. The van der Waals surface area contributed by atoms with Gasteiger partial charge < -0.3 is 5.73 Å². The second-order valence-corrected chi connectivity index (χ2v) is 8.42. The maximum Gasteiger partial charge on any atom is 0.272 e. The van der Waals surface area contributed by atoms with Crippen molar-refractivity contribution in [2.24, 2.45) is 13.0 Å². The van der Waals surface area contributed by atoms with Crippen LogP contribution in [0.4, 0.5) is 16.0 Å². The minimum absolute atomic E-state index is 0.162. The number of pyridine rings is 2. The van der Waals surface area contributed by atoms with Crippen LogP contribution in [-0.4, -0.2) is 43.8 Å². The summed E-state index contributed by atoms with van der Waals surface area (Å²) in [4.78, 5) is 22.5. The van der Waals surface area contributed by atoms with Gasteiger partial charge in [-0.1, -0.05) is 6.92 Å². The number of carbonyl (C=O) groups excluding carboxylic acids is 1. The number of rotatable bonds is 2. The number of amides is 1. The Balaban J connectivity index is 1.65. The van der Waals surface area contributed by atoms with Gasteiger partial charge in [-0.3, -0.25) is 14.5 Å². The molecule has 4 heterocycles. The van der Waals surface area contributed by atoms with E-state index in [1.54, 1.807) is 27.0 Å². The van der Waals surface area contributed by atoms with Crippen molar-refractivity contribution in [3.05, 3.63) is 53.6 Å². The molecule has 8 nitrogen and oxygen atoms in total. The van der Waals surface area contributed by atoms with E-state index in [0.29, 0.717) is 30.0 Å². The predicted octanol–water partition coefficient (Wildman–Crippen LogP) is 3.45. The molecule has 164 valence electrons. The molecule has 2 N–H and O–H groups in total. The third kappa shape index (κ3) is 3.12. The third-order valence-corrected chi connectivity index (χ3v) is 6.11. The lowest BCUT2D eigenvalue weighted by Crippen LogP contribution is -2.53. The number of anilines is 2. The molecule has 32 heavy (non-hydrogen) atoms. The van der Waals surface area contributed by atoms with E-state index in [0.717, 1.165) is 28.3 Å². The summed E-state index contributed by atoms with van der Waals surface area (Å²) < 4.78 is 16.3. The second kappa shape index (κ2) is 7.44. The molecule has 0 spiro atoms. The van der Waals surface area contributed by atoms with E-state index in [9.17, 15) is 9.18 Å². The molecule has 1 saturated heterocycles. The highest BCUT2D eigenvalue weighted by atomic mass is 19.1. The van der Waals surface area contributed by atoms with Crippen LogP contribution in [-0.2, 0) is 7.05 Å². The molecule has 0 saturated carbocycles. The lowest BCUT2D eigenvalue weighted by molar-refractivity contribution is 0.0656. The summed E-state index contributed by atoms with van der Waals surface area (Å²) in [5.41, 5.74) is 8.95. The normalized spacial score (nSPS) is 16.8. The number of hydrazine groups is 1. The highest BCUT2D eigenvalue weighted by Gasteiger charge is 2.32. The number of hydrogen-bond acceptors (Lipinski definition) is 6. The molecule has 1 unspecified atom stereocenters. The lowest BCUT2D eigenvalue weighted by atomic mass is 10.0. The van der Waals surface area contributed by atoms with Crippen LogP contribution in [0.15, 0.2) is 36.7 Å². The van der Waals surface area contributed by atoms with Crippen molar-refractivity contribution in [2.75, 3.05) is 23.8 Å². The Morgan fingerprint density at radius 2 is 2.09 bits per heavy atom. The molecule has 1 aliphatic heterocycles.